The Bertz CT molecular complexity index is 525. The SMILES string of the molecule is CC(=O)O[C@@H]1C[C@@H]2O[C@@]1(C)CC[C@@H]1[C@@H](/C=C\2C)OC(=O)[C@@H]1C. The van der Waals surface area contributed by atoms with Crippen LogP contribution in [0.1, 0.15) is 47.0 Å². The van der Waals surface area contributed by atoms with E-state index in [1.165, 1.54) is 6.92 Å². The summed E-state index contributed by atoms with van der Waals surface area (Å²) in [5.41, 5.74) is 0.561. The molecule has 22 heavy (non-hydrogen) atoms. The maximum absolute atomic E-state index is 11.9. The van der Waals surface area contributed by atoms with E-state index < -0.39 is 5.60 Å². The fourth-order valence-electron chi connectivity index (χ4n) is 3.94. The number of carbonyl (C=O) groups excluding carboxylic acids is 2. The first-order valence-electron chi connectivity index (χ1n) is 8.04. The molecule has 0 aromatic rings. The molecule has 0 unspecified atom stereocenters. The average Bonchev–Trinajstić information content (AvgIpc) is 2.88. The van der Waals surface area contributed by atoms with Crippen molar-refractivity contribution >= 4 is 11.9 Å². The second kappa shape index (κ2) is 5.37. The highest BCUT2D eigenvalue weighted by Gasteiger charge is 2.51. The van der Waals surface area contributed by atoms with Crippen molar-refractivity contribution in [1.82, 2.24) is 0 Å². The Labute approximate surface area is 131 Å². The lowest BCUT2D eigenvalue weighted by atomic mass is 9.81. The fourth-order valence-corrected chi connectivity index (χ4v) is 3.94. The third kappa shape index (κ3) is 2.56. The van der Waals surface area contributed by atoms with Crippen molar-refractivity contribution in [2.75, 3.05) is 0 Å². The van der Waals surface area contributed by atoms with Crippen LogP contribution in [0.15, 0.2) is 11.6 Å². The van der Waals surface area contributed by atoms with Gasteiger partial charge in [0.1, 0.15) is 17.8 Å². The maximum atomic E-state index is 11.9. The van der Waals surface area contributed by atoms with E-state index in [9.17, 15) is 9.59 Å². The number of rotatable bonds is 1. The molecule has 0 radical (unpaired) electrons. The summed E-state index contributed by atoms with van der Waals surface area (Å²) < 4.78 is 17.2. The van der Waals surface area contributed by atoms with Gasteiger partial charge >= 0.3 is 11.9 Å². The molecule has 3 rings (SSSR count). The summed E-state index contributed by atoms with van der Waals surface area (Å²) in [5, 5.41) is 0. The molecule has 122 valence electrons. The van der Waals surface area contributed by atoms with Crippen LogP contribution in [-0.4, -0.2) is 35.9 Å². The van der Waals surface area contributed by atoms with Gasteiger partial charge in [0.25, 0.3) is 0 Å². The van der Waals surface area contributed by atoms with E-state index in [2.05, 4.69) is 0 Å². The smallest absolute Gasteiger partial charge is 0.309 e. The molecule has 3 aliphatic rings. The summed E-state index contributed by atoms with van der Waals surface area (Å²) in [4.78, 5) is 23.2. The Kier molecular flexibility index (Phi) is 3.79. The Balaban J connectivity index is 1.89. The summed E-state index contributed by atoms with van der Waals surface area (Å²) >= 11 is 0. The van der Waals surface area contributed by atoms with Crippen molar-refractivity contribution in [2.45, 2.75) is 70.9 Å². The van der Waals surface area contributed by atoms with Crippen LogP contribution < -0.4 is 0 Å². The minimum absolute atomic E-state index is 0.0808. The molecule has 2 bridgehead atoms. The van der Waals surface area contributed by atoms with E-state index in [0.717, 1.165) is 18.4 Å². The van der Waals surface area contributed by atoms with Crippen molar-refractivity contribution < 1.29 is 23.8 Å². The first kappa shape index (κ1) is 15.5. The molecule has 0 aromatic heterocycles. The number of carbonyl (C=O) groups is 2. The molecule has 0 amide bonds. The van der Waals surface area contributed by atoms with Gasteiger partial charge in [0.05, 0.1) is 12.0 Å². The summed E-state index contributed by atoms with van der Waals surface area (Å²) in [6.07, 6.45) is 3.80. The van der Waals surface area contributed by atoms with E-state index in [1.807, 2.05) is 26.8 Å². The molecule has 0 aliphatic carbocycles. The molecular formula is C17H24O5. The van der Waals surface area contributed by atoms with Gasteiger partial charge in [-0.3, -0.25) is 9.59 Å². The van der Waals surface area contributed by atoms with Crippen LogP contribution in [0.3, 0.4) is 0 Å². The van der Waals surface area contributed by atoms with E-state index in [0.29, 0.717) is 6.42 Å². The molecule has 2 saturated heterocycles. The Morgan fingerprint density at radius 2 is 2.18 bits per heavy atom. The van der Waals surface area contributed by atoms with E-state index in [1.54, 1.807) is 0 Å². The van der Waals surface area contributed by atoms with Gasteiger partial charge < -0.3 is 14.2 Å². The van der Waals surface area contributed by atoms with Gasteiger partial charge in [-0.25, -0.2) is 0 Å². The highest BCUT2D eigenvalue weighted by molar-refractivity contribution is 5.75. The quantitative estimate of drug-likeness (QED) is 0.550. The van der Waals surface area contributed by atoms with Crippen molar-refractivity contribution in [3.05, 3.63) is 11.6 Å². The highest BCUT2D eigenvalue weighted by atomic mass is 16.6. The molecule has 5 heteroatoms. The predicted molar refractivity (Wildman–Crippen MR) is 79.0 cm³/mol. The van der Waals surface area contributed by atoms with Gasteiger partial charge in [-0.1, -0.05) is 6.92 Å². The molecule has 0 saturated carbocycles. The average molecular weight is 308 g/mol. The maximum Gasteiger partial charge on any atom is 0.309 e. The topological polar surface area (TPSA) is 61.8 Å². The number of hydrogen-bond acceptors (Lipinski definition) is 5. The number of esters is 2. The third-order valence-corrected chi connectivity index (χ3v) is 5.43. The van der Waals surface area contributed by atoms with Gasteiger partial charge in [0, 0.05) is 19.3 Å². The minimum Gasteiger partial charge on any atom is -0.459 e. The van der Waals surface area contributed by atoms with Crippen molar-refractivity contribution in [1.29, 1.82) is 0 Å². The van der Waals surface area contributed by atoms with Crippen LogP contribution in [0, 0.1) is 11.8 Å². The second-order valence-electron chi connectivity index (χ2n) is 7.06. The van der Waals surface area contributed by atoms with Crippen LogP contribution in [-0.2, 0) is 23.8 Å². The molecule has 5 nitrogen and oxygen atoms in total. The van der Waals surface area contributed by atoms with Crippen molar-refractivity contribution in [3.8, 4) is 0 Å². The van der Waals surface area contributed by atoms with Gasteiger partial charge in [0.2, 0.25) is 0 Å². The lowest BCUT2D eigenvalue weighted by Gasteiger charge is -2.31. The fraction of sp³-hybridized carbons (Fsp3) is 0.765. The summed E-state index contributed by atoms with van der Waals surface area (Å²) in [6.45, 7) is 7.37. The zero-order chi connectivity index (χ0) is 16.1. The largest absolute Gasteiger partial charge is 0.459 e. The van der Waals surface area contributed by atoms with Crippen LogP contribution in [0.4, 0.5) is 0 Å². The molecule has 3 aliphatic heterocycles. The van der Waals surface area contributed by atoms with Gasteiger partial charge in [-0.15, -0.1) is 0 Å². The molecule has 2 fully saturated rings. The van der Waals surface area contributed by atoms with Gasteiger partial charge in [0.15, 0.2) is 0 Å². The predicted octanol–water partition coefficient (Wildman–Crippen LogP) is 2.38. The van der Waals surface area contributed by atoms with Gasteiger partial charge in [-0.2, -0.15) is 0 Å². The number of ether oxygens (including phenoxy) is 3. The molecule has 0 N–H and O–H groups in total. The van der Waals surface area contributed by atoms with E-state index in [4.69, 9.17) is 14.2 Å². The normalized spacial score (nSPS) is 46.6. The monoisotopic (exact) mass is 308 g/mol. The van der Waals surface area contributed by atoms with Crippen LogP contribution in [0.5, 0.6) is 0 Å². The Hall–Kier alpha value is -1.36. The molecule has 6 atom stereocenters. The van der Waals surface area contributed by atoms with Crippen molar-refractivity contribution in [3.63, 3.8) is 0 Å². The lowest BCUT2D eigenvalue weighted by Crippen LogP contribution is -2.39. The van der Waals surface area contributed by atoms with Crippen LogP contribution in [0.2, 0.25) is 0 Å². The standard InChI is InChI=1S/C17H24O5/c1-9-7-14-12(10(2)16(19)21-14)5-6-17(4)15(20-11(3)18)8-13(9)22-17/h7,10,12-15H,5-6,8H2,1-4H3/b9-7-/t10-,12+,13+,14-,15-,17+/m1/s1. The Morgan fingerprint density at radius 1 is 1.45 bits per heavy atom. The zero-order valence-corrected chi connectivity index (χ0v) is 13.6. The van der Waals surface area contributed by atoms with Crippen LogP contribution in [0.25, 0.3) is 0 Å². The van der Waals surface area contributed by atoms with Gasteiger partial charge in [-0.05, 0) is 38.3 Å². The summed E-state index contributed by atoms with van der Waals surface area (Å²) in [5.74, 6) is -0.318. The third-order valence-electron chi connectivity index (χ3n) is 5.43. The first-order valence-corrected chi connectivity index (χ1v) is 8.04. The minimum atomic E-state index is -0.494. The first-order chi connectivity index (χ1) is 10.3. The lowest BCUT2D eigenvalue weighted by molar-refractivity contribution is -0.156. The number of fused-ring (bicyclic) bond motifs is 3. The molecule has 0 aromatic carbocycles. The Morgan fingerprint density at radius 3 is 2.86 bits per heavy atom. The van der Waals surface area contributed by atoms with Crippen molar-refractivity contribution in [2.24, 2.45) is 11.8 Å². The molecule has 0 spiro atoms. The zero-order valence-electron chi connectivity index (χ0n) is 13.6. The summed E-state index contributed by atoms with van der Waals surface area (Å²) in [6, 6.07) is 0. The van der Waals surface area contributed by atoms with E-state index in [-0.39, 0.29) is 42.1 Å². The van der Waals surface area contributed by atoms with Crippen LogP contribution >= 0.6 is 0 Å². The van der Waals surface area contributed by atoms with E-state index >= 15 is 0 Å². The molecular weight excluding hydrogens is 284 g/mol. The summed E-state index contributed by atoms with van der Waals surface area (Å²) in [7, 11) is 0. The molecule has 3 heterocycles. The number of hydrogen-bond donors (Lipinski definition) is 0. The second-order valence-corrected chi connectivity index (χ2v) is 7.06. The highest BCUT2D eigenvalue weighted by Crippen LogP contribution is 2.44.